The van der Waals surface area contributed by atoms with Gasteiger partial charge in [0.25, 0.3) is 0 Å². The molecule has 1 aliphatic rings. The third-order valence-corrected chi connectivity index (χ3v) is 5.20. The zero-order chi connectivity index (χ0) is 16.1. The van der Waals surface area contributed by atoms with Crippen molar-refractivity contribution < 1.29 is 4.79 Å². The number of carbonyl (C=O) groups is 1. The number of Topliss-reactive ketones (excluding diaryl/α,β-unsaturated/α-hetero) is 1. The smallest absolute Gasteiger partial charge is 0.183 e. The largest absolute Gasteiger partial charge is 0.348 e. The predicted molar refractivity (Wildman–Crippen MR) is 90.0 cm³/mol. The van der Waals surface area contributed by atoms with Crippen molar-refractivity contribution in [3.05, 3.63) is 58.4 Å². The SMILES string of the molecule is Cc1ccn2c3c(c(C)c2c1)CCC(Cc1nc[nH]c1C)C3=O. The van der Waals surface area contributed by atoms with Gasteiger partial charge in [0.2, 0.25) is 0 Å². The van der Waals surface area contributed by atoms with Crippen LogP contribution in [0, 0.1) is 26.7 Å². The van der Waals surface area contributed by atoms with Crippen LogP contribution >= 0.6 is 0 Å². The summed E-state index contributed by atoms with van der Waals surface area (Å²) in [7, 11) is 0. The van der Waals surface area contributed by atoms with Crippen LogP contribution in [0.3, 0.4) is 0 Å². The molecule has 3 aromatic rings. The maximum atomic E-state index is 13.1. The quantitative estimate of drug-likeness (QED) is 0.787. The number of fused-ring (bicyclic) bond motifs is 3. The molecule has 0 spiro atoms. The Morgan fingerprint density at radius 3 is 2.91 bits per heavy atom. The second-order valence-corrected chi connectivity index (χ2v) is 6.69. The Bertz CT molecular complexity index is 916. The fraction of sp³-hybridized carbons (Fsp3) is 0.368. The summed E-state index contributed by atoms with van der Waals surface area (Å²) in [5, 5.41) is 0. The molecule has 0 bridgehead atoms. The third-order valence-electron chi connectivity index (χ3n) is 5.20. The lowest BCUT2D eigenvalue weighted by Gasteiger charge is -2.21. The number of H-pyrrole nitrogens is 1. The molecule has 1 unspecified atom stereocenters. The molecule has 1 atom stereocenters. The molecule has 0 aliphatic heterocycles. The van der Waals surface area contributed by atoms with Gasteiger partial charge in [-0.05, 0) is 62.4 Å². The van der Waals surface area contributed by atoms with Gasteiger partial charge in [0, 0.05) is 29.7 Å². The minimum Gasteiger partial charge on any atom is -0.348 e. The van der Waals surface area contributed by atoms with E-state index >= 15 is 0 Å². The molecule has 23 heavy (non-hydrogen) atoms. The minimum atomic E-state index is 0.0308. The third kappa shape index (κ3) is 2.12. The standard InChI is InChI=1S/C19H21N3O/c1-11-6-7-22-17(8-11)12(2)15-5-4-14(19(23)18(15)22)9-16-13(3)20-10-21-16/h6-8,10,14H,4-5,9H2,1-3H3,(H,20,21). The molecule has 0 saturated carbocycles. The molecule has 1 N–H and O–H groups in total. The number of aromatic nitrogens is 3. The summed E-state index contributed by atoms with van der Waals surface area (Å²) in [6, 6.07) is 4.25. The Labute approximate surface area is 135 Å². The molecule has 0 amide bonds. The second kappa shape index (κ2) is 5.08. The summed E-state index contributed by atoms with van der Waals surface area (Å²) >= 11 is 0. The van der Waals surface area contributed by atoms with E-state index in [2.05, 4.69) is 40.3 Å². The first kappa shape index (κ1) is 14.2. The molecule has 4 nitrogen and oxygen atoms in total. The summed E-state index contributed by atoms with van der Waals surface area (Å²) in [6.45, 7) is 6.25. The maximum Gasteiger partial charge on any atom is 0.183 e. The van der Waals surface area contributed by atoms with Gasteiger partial charge in [-0.25, -0.2) is 4.98 Å². The number of rotatable bonds is 2. The Morgan fingerprint density at radius 1 is 1.35 bits per heavy atom. The average molecular weight is 307 g/mol. The second-order valence-electron chi connectivity index (χ2n) is 6.69. The molecule has 1 aliphatic carbocycles. The van der Waals surface area contributed by atoms with Crippen molar-refractivity contribution >= 4 is 11.3 Å². The van der Waals surface area contributed by atoms with Crippen molar-refractivity contribution in [1.82, 2.24) is 14.4 Å². The highest BCUT2D eigenvalue weighted by atomic mass is 16.1. The Kier molecular flexibility index (Phi) is 3.15. The van der Waals surface area contributed by atoms with Crippen LogP contribution in [0.15, 0.2) is 24.7 Å². The molecule has 0 saturated heterocycles. The van der Waals surface area contributed by atoms with Gasteiger partial charge in [0.15, 0.2) is 5.78 Å². The maximum absolute atomic E-state index is 13.1. The summed E-state index contributed by atoms with van der Waals surface area (Å²) in [4.78, 5) is 20.6. The van der Waals surface area contributed by atoms with Gasteiger partial charge in [-0.2, -0.15) is 0 Å². The number of pyridine rings is 1. The highest BCUT2D eigenvalue weighted by molar-refractivity contribution is 6.01. The van der Waals surface area contributed by atoms with Gasteiger partial charge in [-0.1, -0.05) is 0 Å². The van der Waals surface area contributed by atoms with Crippen LogP contribution in [0.1, 0.15) is 45.0 Å². The van der Waals surface area contributed by atoms with E-state index in [0.717, 1.165) is 36.3 Å². The predicted octanol–water partition coefficient (Wildman–Crippen LogP) is 3.58. The number of carbonyl (C=O) groups excluding carboxylic acids is 1. The van der Waals surface area contributed by atoms with Crippen LogP contribution in [0.4, 0.5) is 0 Å². The number of hydrogen-bond acceptors (Lipinski definition) is 2. The normalized spacial score (nSPS) is 17.7. The lowest BCUT2D eigenvalue weighted by Crippen LogP contribution is -2.25. The number of imidazole rings is 1. The van der Waals surface area contributed by atoms with E-state index < -0.39 is 0 Å². The van der Waals surface area contributed by atoms with E-state index in [1.807, 2.05) is 13.1 Å². The van der Waals surface area contributed by atoms with Crippen LogP contribution in [0.2, 0.25) is 0 Å². The average Bonchev–Trinajstić information content (AvgIpc) is 3.05. The molecule has 4 rings (SSSR count). The summed E-state index contributed by atoms with van der Waals surface area (Å²) < 4.78 is 2.09. The lowest BCUT2D eigenvalue weighted by molar-refractivity contribution is 0.0894. The molecule has 0 aromatic carbocycles. The molecular weight excluding hydrogens is 286 g/mol. The van der Waals surface area contributed by atoms with Crippen LogP contribution in [-0.2, 0) is 12.8 Å². The highest BCUT2D eigenvalue weighted by Crippen LogP contribution is 2.34. The van der Waals surface area contributed by atoms with E-state index in [4.69, 9.17) is 0 Å². The zero-order valence-corrected chi connectivity index (χ0v) is 13.8. The lowest BCUT2D eigenvalue weighted by atomic mass is 9.82. The fourth-order valence-corrected chi connectivity index (χ4v) is 3.80. The van der Waals surface area contributed by atoms with E-state index in [1.54, 1.807) is 6.33 Å². The summed E-state index contributed by atoms with van der Waals surface area (Å²) in [6.07, 6.45) is 6.36. The highest BCUT2D eigenvalue weighted by Gasteiger charge is 2.32. The van der Waals surface area contributed by atoms with Crippen molar-refractivity contribution in [2.75, 3.05) is 0 Å². The van der Waals surface area contributed by atoms with Crippen molar-refractivity contribution in [3.63, 3.8) is 0 Å². The number of aromatic amines is 1. The zero-order valence-electron chi connectivity index (χ0n) is 13.8. The van der Waals surface area contributed by atoms with Gasteiger partial charge in [-0.15, -0.1) is 0 Å². The van der Waals surface area contributed by atoms with Gasteiger partial charge in [-0.3, -0.25) is 4.79 Å². The van der Waals surface area contributed by atoms with Crippen molar-refractivity contribution in [2.45, 2.75) is 40.0 Å². The van der Waals surface area contributed by atoms with Crippen molar-refractivity contribution in [1.29, 1.82) is 0 Å². The molecule has 4 heteroatoms. The first-order valence-electron chi connectivity index (χ1n) is 8.19. The van der Waals surface area contributed by atoms with Crippen LogP contribution < -0.4 is 0 Å². The summed E-state index contributed by atoms with van der Waals surface area (Å²) in [5.74, 6) is 0.295. The monoisotopic (exact) mass is 307 g/mol. The van der Waals surface area contributed by atoms with Crippen molar-refractivity contribution in [2.24, 2.45) is 5.92 Å². The molecule has 118 valence electrons. The van der Waals surface area contributed by atoms with Crippen LogP contribution in [0.25, 0.3) is 5.52 Å². The number of ketones is 1. The first-order valence-corrected chi connectivity index (χ1v) is 8.19. The van der Waals surface area contributed by atoms with E-state index in [1.165, 1.54) is 22.2 Å². The number of nitrogens with zero attached hydrogens (tertiary/aromatic N) is 2. The van der Waals surface area contributed by atoms with E-state index in [9.17, 15) is 4.79 Å². The Hall–Kier alpha value is -2.36. The molecule has 0 radical (unpaired) electrons. The van der Waals surface area contributed by atoms with Gasteiger partial charge in [0.05, 0.1) is 17.7 Å². The molecule has 3 heterocycles. The van der Waals surface area contributed by atoms with Crippen LogP contribution in [-0.4, -0.2) is 20.2 Å². The fourth-order valence-electron chi connectivity index (χ4n) is 3.80. The first-order chi connectivity index (χ1) is 11.1. The topological polar surface area (TPSA) is 50.2 Å². The molecular formula is C19H21N3O. The van der Waals surface area contributed by atoms with Crippen molar-refractivity contribution in [3.8, 4) is 0 Å². The Balaban J connectivity index is 1.78. The number of aryl methyl sites for hydroxylation is 3. The van der Waals surface area contributed by atoms with Gasteiger partial charge < -0.3 is 9.38 Å². The van der Waals surface area contributed by atoms with Gasteiger partial charge >= 0.3 is 0 Å². The van der Waals surface area contributed by atoms with E-state index in [0.29, 0.717) is 0 Å². The molecule has 3 aromatic heterocycles. The Morgan fingerprint density at radius 2 is 2.17 bits per heavy atom. The van der Waals surface area contributed by atoms with Crippen LogP contribution in [0.5, 0.6) is 0 Å². The van der Waals surface area contributed by atoms with E-state index in [-0.39, 0.29) is 11.7 Å². The number of nitrogens with one attached hydrogen (secondary N) is 1. The van der Waals surface area contributed by atoms with Gasteiger partial charge in [0.1, 0.15) is 0 Å². The minimum absolute atomic E-state index is 0.0308. The number of hydrogen-bond donors (Lipinski definition) is 1. The molecule has 0 fully saturated rings. The summed E-state index contributed by atoms with van der Waals surface area (Å²) in [5.41, 5.74) is 7.85.